The number of benzene rings is 2. The maximum atomic E-state index is 6.04. The van der Waals surface area contributed by atoms with Crippen LogP contribution in [0.5, 0.6) is 11.5 Å². The summed E-state index contributed by atoms with van der Waals surface area (Å²) in [6.07, 6.45) is 4.71. The normalized spacial score (nSPS) is 14.4. The van der Waals surface area contributed by atoms with Gasteiger partial charge in [-0.1, -0.05) is 37.6 Å². The summed E-state index contributed by atoms with van der Waals surface area (Å²) in [5, 5.41) is 0. The van der Waals surface area contributed by atoms with Crippen LogP contribution in [0.25, 0.3) is 0 Å². The second kappa shape index (κ2) is 5.76. The van der Waals surface area contributed by atoms with Crippen molar-refractivity contribution in [3.63, 3.8) is 0 Å². The fourth-order valence-electron chi connectivity index (χ4n) is 2.42. The molecule has 1 aliphatic rings. The van der Waals surface area contributed by atoms with Crippen LogP contribution < -0.4 is 4.74 Å². The van der Waals surface area contributed by atoms with E-state index in [2.05, 4.69) is 56.3 Å². The van der Waals surface area contributed by atoms with Crippen molar-refractivity contribution in [2.24, 2.45) is 0 Å². The van der Waals surface area contributed by atoms with Crippen molar-refractivity contribution < 1.29 is 4.74 Å². The van der Waals surface area contributed by atoms with Gasteiger partial charge in [-0.15, -0.1) is 0 Å². The first-order chi connectivity index (χ1) is 9.81. The molecule has 0 saturated heterocycles. The number of hydrogen-bond donors (Lipinski definition) is 0. The van der Waals surface area contributed by atoms with E-state index in [-0.39, 0.29) is 10.9 Å². The van der Waals surface area contributed by atoms with E-state index in [0.717, 1.165) is 17.9 Å². The first-order valence-corrected chi connectivity index (χ1v) is 8.30. The topological polar surface area (TPSA) is 9.23 Å². The Labute approximate surface area is 123 Å². The van der Waals surface area contributed by atoms with E-state index in [1.165, 1.54) is 21.1 Å². The molecule has 0 spiro atoms. The van der Waals surface area contributed by atoms with Crippen molar-refractivity contribution in [1.82, 2.24) is 0 Å². The molecule has 0 fully saturated rings. The van der Waals surface area contributed by atoms with Crippen molar-refractivity contribution in [1.29, 1.82) is 0 Å². The number of allylic oxidation sites excluding steroid dienone is 2. The molecular formula is C18H19OS+. The second-order valence-electron chi connectivity index (χ2n) is 4.91. The monoisotopic (exact) mass is 283 g/mol. The van der Waals surface area contributed by atoms with Crippen LogP contribution >= 0.6 is 0 Å². The molecule has 20 heavy (non-hydrogen) atoms. The van der Waals surface area contributed by atoms with E-state index in [9.17, 15) is 0 Å². The third-order valence-electron chi connectivity index (χ3n) is 3.40. The predicted octanol–water partition coefficient (Wildman–Crippen LogP) is 5.53. The van der Waals surface area contributed by atoms with Gasteiger partial charge in [-0.2, -0.15) is 0 Å². The van der Waals surface area contributed by atoms with E-state index in [1.54, 1.807) is 0 Å². The minimum Gasteiger partial charge on any atom is -0.447 e. The Balaban J connectivity index is 2.12. The quantitative estimate of drug-likeness (QED) is 0.673. The fraction of sp³-hybridized carbons (Fsp3) is 0.222. The molecule has 1 heterocycles. The largest absolute Gasteiger partial charge is 0.447 e. The van der Waals surface area contributed by atoms with E-state index < -0.39 is 0 Å². The van der Waals surface area contributed by atoms with Gasteiger partial charge < -0.3 is 4.74 Å². The number of fused-ring (bicyclic) bond motifs is 2. The summed E-state index contributed by atoms with van der Waals surface area (Å²) in [6.45, 7) is 4.47. The smallest absolute Gasteiger partial charge is 0.208 e. The zero-order chi connectivity index (χ0) is 13.9. The van der Waals surface area contributed by atoms with Crippen LogP contribution in [0.15, 0.2) is 69.3 Å². The number of unbranched alkanes of at least 4 members (excludes halogenated alkanes) is 1. The molecule has 1 aliphatic heterocycles. The molecule has 0 amide bonds. The van der Waals surface area contributed by atoms with Crippen LogP contribution in [0.2, 0.25) is 0 Å². The molecule has 0 aliphatic carbocycles. The summed E-state index contributed by atoms with van der Waals surface area (Å²) >= 11 is 0. The molecule has 0 aromatic heterocycles. The van der Waals surface area contributed by atoms with Crippen LogP contribution in [0.1, 0.15) is 26.7 Å². The summed E-state index contributed by atoms with van der Waals surface area (Å²) in [6, 6.07) is 16.8. The van der Waals surface area contributed by atoms with Gasteiger partial charge in [0.2, 0.25) is 9.79 Å². The average Bonchev–Trinajstić information content (AvgIpc) is 2.50. The van der Waals surface area contributed by atoms with Gasteiger partial charge in [0.05, 0.1) is 0 Å². The molecular weight excluding hydrogens is 264 g/mol. The Bertz CT molecular complexity index is 600. The van der Waals surface area contributed by atoms with Crippen LogP contribution in [-0.2, 0) is 10.9 Å². The van der Waals surface area contributed by atoms with Gasteiger partial charge in [0, 0.05) is 6.92 Å². The van der Waals surface area contributed by atoms with Gasteiger partial charge in [0.25, 0.3) is 0 Å². The van der Waals surface area contributed by atoms with Gasteiger partial charge in [0.1, 0.15) is 15.8 Å². The molecule has 0 saturated carbocycles. The van der Waals surface area contributed by atoms with Gasteiger partial charge in [-0.05, 0) is 36.8 Å². The molecule has 0 bridgehead atoms. The van der Waals surface area contributed by atoms with Crippen LogP contribution in [-0.4, -0.2) is 0 Å². The minimum atomic E-state index is -0.00466. The molecule has 1 nitrogen and oxygen atoms in total. The molecule has 3 rings (SSSR count). The van der Waals surface area contributed by atoms with Crippen LogP contribution in [0, 0.1) is 0 Å². The number of para-hydroxylation sites is 2. The summed E-state index contributed by atoms with van der Waals surface area (Å²) in [4.78, 5) is 4.04. The second-order valence-corrected chi connectivity index (χ2v) is 7.04. The van der Waals surface area contributed by atoms with Gasteiger partial charge in [-0.25, -0.2) is 0 Å². The minimum absolute atomic E-state index is 0.00466. The first-order valence-electron chi connectivity index (χ1n) is 7.08. The molecule has 2 aromatic rings. The number of hydrogen-bond acceptors (Lipinski definition) is 1. The van der Waals surface area contributed by atoms with E-state index in [4.69, 9.17) is 4.74 Å². The lowest BCUT2D eigenvalue weighted by Gasteiger charge is -2.19. The maximum absolute atomic E-state index is 6.04. The Kier molecular flexibility index (Phi) is 3.83. The zero-order valence-corrected chi connectivity index (χ0v) is 12.7. The van der Waals surface area contributed by atoms with Gasteiger partial charge >= 0.3 is 0 Å². The van der Waals surface area contributed by atoms with Crippen LogP contribution in [0.4, 0.5) is 0 Å². The highest BCUT2D eigenvalue weighted by molar-refractivity contribution is 8.00. The van der Waals surface area contributed by atoms with E-state index >= 15 is 0 Å². The Morgan fingerprint density at radius 2 is 1.55 bits per heavy atom. The number of rotatable bonds is 3. The summed E-state index contributed by atoms with van der Waals surface area (Å²) in [5.41, 5.74) is 0. The highest BCUT2D eigenvalue weighted by Gasteiger charge is 2.38. The van der Waals surface area contributed by atoms with Crippen molar-refractivity contribution >= 4 is 10.9 Å². The molecule has 2 heteroatoms. The Morgan fingerprint density at radius 1 is 1.00 bits per heavy atom. The van der Waals surface area contributed by atoms with Crippen molar-refractivity contribution in [3.8, 4) is 11.5 Å². The molecule has 0 N–H and O–H groups in total. The third kappa shape index (κ3) is 2.36. The Hall–Kier alpha value is -1.67. The molecule has 0 unspecified atom stereocenters. The molecule has 102 valence electrons. The third-order valence-corrected chi connectivity index (χ3v) is 5.77. The number of ether oxygens (including phenoxy) is 1. The zero-order valence-electron chi connectivity index (χ0n) is 11.9. The molecule has 0 radical (unpaired) electrons. The highest BCUT2D eigenvalue weighted by Crippen LogP contribution is 2.46. The summed E-state index contributed by atoms with van der Waals surface area (Å²) < 4.78 is 6.04. The average molecular weight is 283 g/mol. The SMILES string of the molecule is CCC/C=C(/C)[S+]1c2ccccc2Oc2ccccc21. The van der Waals surface area contributed by atoms with E-state index in [0.29, 0.717) is 0 Å². The summed E-state index contributed by atoms with van der Waals surface area (Å²) in [5.74, 6) is 2.00. The van der Waals surface area contributed by atoms with Crippen molar-refractivity contribution in [2.75, 3.05) is 0 Å². The fourth-order valence-corrected chi connectivity index (χ4v) is 4.69. The lowest BCUT2D eigenvalue weighted by atomic mass is 10.3. The highest BCUT2D eigenvalue weighted by atomic mass is 32.2. The van der Waals surface area contributed by atoms with Gasteiger partial charge in [-0.3, -0.25) is 0 Å². The van der Waals surface area contributed by atoms with Crippen LogP contribution in [0.3, 0.4) is 0 Å². The van der Waals surface area contributed by atoms with Crippen molar-refractivity contribution in [2.45, 2.75) is 36.5 Å². The van der Waals surface area contributed by atoms with E-state index in [1.807, 2.05) is 12.1 Å². The maximum Gasteiger partial charge on any atom is 0.208 e. The molecule has 0 atom stereocenters. The Morgan fingerprint density at radius 3 is 2.10 bits per heavy atom. The summed E-state index contributed by atoms with van der Waals surface area (Å²) in [7, 11) is -0.00466. The van der Waals surface area contributed by atoms with Crippen molar-refractivity contribution in [3.05, 3.63) is 59.5 Å². The first kappa shape index (κ1) is 13.3. The lowest BCUT2D eigenvalue weighted by Crippen LogP contribution is -2.12. The van der Waals surface area contributed by atoms with Gasteiger partial charge in [0.15, 0.2) is 11.5 Å². The lowest BCUT2D eigenvalue weighted by molar-refractivity contribution is 0.453. The molecule has 2 aromatic carbocycles. The standard InChI is InChI=1S/C18H19OS/c1-3-4-9-14(2)20-17-12-7-5-10-15(17)19-16-11-6-8-13-18(16)20/h5-13H,3-4H2,1-2H3/q+1/b14-9-. The predicted molar refractivity (Wildman–Crippen MR) is 85.5 cm³/mol.